The first kappa shape index (κ1) is 23.7. The van der Waals surface area contributed by atoms with Gasteiger partial charge in [0.25, 0.3) is 5.56 Å². The Bertz CT molecular complexity index is 1530. The quantitative estimate of drug-likeness (QED) is 0.326. The third-order valence-corrected chi connectivity index (χ3v) is 6.47. The Morgan fingerprint density at radius 3 is 2.17 bits per heavy atom. The molecule has 6 heteroatoms. The maximum atomic E-state index is 14.0. The number of hydrogen-bond donors (Lipinski definition) is 0. The summed E-state index contributed by atoms with van der Waals surface area (Å²) >= 11 is 0. The molecule has 0 amide bonds. The molecule has 3 aromatic carbocycles. The van der Waals surface area contributed by atoms with Gasteiger partial charge in [-0.05, 0) is 73.7 Å². The molecule has 6 nitrogen and oxygen atoms in total. The first-order chi connectivity index (χ1) is 17.2. The van der Waals surface area contributed by atoms with Crippen molar-refractivity contribution in [2.75, 3.05) is 14.2 Å². The van der Waals surface area contributed by atoms with Gasteiger partial charge in [-0.15, -0.1) is 0 Å². The van der Waals surface area contributed by atoms with Crippen LogP contribution in [0.3, 0.4) is 0 Å². The summed E-state index contributed by atoms with van der Waals surface area (Å²) in [7, 11) is 3.24. The number of carbonyl (C=O) groups is 1. The Kier molecular flexibility index (Phi) is 5.83. The van der Waals surface area contributed by atoms with Crippen molar-refractivity contribution in [3.8, 4) is 33.9 Å². The fourth-order valence-electron chi connectivity index (χ4n) is 5.02. The van der Waals surface area contributed by atoms with Crippen LogP contribution in [-0.4, -0.2) is 30.4 Å². The molecule has 0 saturated carbocycles. The normalized spacial score (nSPS) is 14.3. The maximum absolute atomic E-state index is 14.0. The predicted octanol–water partition coefficient (Wildman–Crippen LogP) is 5.99. The molecule has 2 heterocycles. The lowest BCUT2D eigenvalue weighted by atomic mass is 9.93. The van der Waals surface area contributed by atoms with Gasteiger partial charge < -0.3 is 14.2 Å². The van der Waals surface area contributed by atoms with Crippen LogP contribution in [0.1, 0.15) is 38.8 Å². The van der Waals surface area contributed by atoms with E-state index in [0.717, 1.165) is 39.1 Å². The second-order valence-electron chi connectivity index (χ2n) is 9.93. The van der Waals surface area contributed by atoms with Crippen LogP contribution in [0.4, 0.5) is 0 Å². The fraction of sp³-hybridized carbons (Fsp3) is 0.267. The maximum Gasteiger partial charge on any atom is 0.308 e. The molecule has 1 aliphatic rings. The van der Waals surface area contributed by atoms with Crippen LogP contribution in [0.5, 0.6) is 11.5 Å². The van der Waals surface area contributed by atoms with E-state index in [2.05, 4.69) is 0 Å². The van der Waals surface area contributed by atoms with E-state index in [4.69, 9.17) is 14.2 Å². The van der Waals surface area contributed by atoms with Gasteiger partial charge in [0.2, 0.25) is 0 Å². The summed E-state index contributed by atoms with van der Waals surface area (Å²) < 4.78 is 18.3. The average molecular weight is 484 g/mol. The van der Waals surface area contributed by atoms with Crippen molar-refractivity contribution in [3.63, 3.8) is 0 Å². The largest absolute Gasteiger partial charge is 0.497 e. The molecule has 0 aliphatic carbocycles. The van der Waals surface area contributed by atoms with Gasteiger partial charge in [-0.2, -0.15) is 0 Å². The van der Waals surface area contributed by atoms with Gasteiger partial charge in [-0.1, -0.05) is 30.3 Å². The van der Waals surface area contributed by atoms with Gasteiger partial charge in [0.05, 0.1) is 32.4 Å². The summed E-state index contributed by atoms with van der Waals surface area (Å²) in [4.78, 5) is 27.0. The number of methoxy groups -OCH3 is 2. The summed E-state index contributed by atoms with van der Waals surface area (Å²) in [6.07, 6.45) is 0.0325. The third-order valence-electron chi connectivity index (χ3n) is 6.47. The highest BCUT2D eigenvalue weighted by Crippen LogP contribution is 2.48. The number of carbonyl (C=O) groups excluding carboxylic acids is 1. The Morgan fingerprint density at radius 1 is 0.889 bits per heavy atom. The highest BCUT2D eigenvalue weighted by atomic mass is 16.6. The Balaban J connectivity index is 1.82. The topological polar surface area (TPSA) is 66.8 Å². The van der Waals surface area contributed by atoms with E-state index in [0.29, 0.717) is 11.1 Å². The first-order valence-electron chi connectivity index (χ1n) is 11.9. The van der Waals surface area contributed by atoms with Crippen LogP contribution < -0.4 is 15.0 Å². The van der Waals surface area contributed by atoms with E-state index in [1.54, 1.807) is 18.8 Å². The third kappa shape index (κ3) is 4.02. The van der Waals surface area contributed by atoms with E-state index in [-0.39, 0.29) is 17.9 Å². The van der Waals surface area contributed by atoms with Crippen molar-refractivity contribution >= 4 is 16.7 Å². The molecule has 0 saturated heterocycles. The van der Waals surface area contributed by atoms with Crippen LogP contribution in [-0.2, 0) is 9.53 Å². The van der Waals surface area contributed by atoms with Gasteiger partial charge >= 0.3 is 5.97 Å². The highest BCUT2D eigenvalue weighted by molar-refractivity contribution is 6.04. The smallest absolute Gasteiger partial charge is 0.308 e. The molecule has 0 N–H and O–H groups in total. The van der Waals surface area contributed by atoms with Crippen molar-refractivity contribution in [1.82, 2.24) is 4.57 Å². The fourth-order valence-corrected chi connectivity index (χ4v) is 5.02. The number of hydrogen-bond acceptors (Lipinski definition) is 5. The predicted molar refractivity (Wildman–Crippen MR) is 141 cm³/mol. The highest BCUT2D eigenvalue weighted by Gasteiger charge is 2.36. The SMILES string of the molecule is COc1ccc(-c2c3n(c(=O)c4ccccc24)C(CC(=O)OC(C)(C)C)c2cc(OC)ccc2-3)cc1. The summed E-state index contributed by atoms with van der Waals surface area (Å²) in [6, 6.07) is 20.7. The number of esters is 1. The van der Waals surface area contributed by atoms with Gasteiger partial charge in [-0.3, -0.25) is 14.2 Å². The number of aromatic nitrogens is 1. The number of pyridine rings is 1. The molecule has 0 fully saturated rings. The monoisotopic (exact) mass is 483 g/mol. The standard InChI is InChI=1S/C30H29NO5/c1-30(2,3)36-26(32)17-25-24-16-20(35-5)14-15-22(24)28-27(18-10-12-19(34-4)13-11-18)21-8-6-7-9-23(21)29(33)31(25)28/h6-16,25H,17H2,1-5H3. The van der Waals surface area contributed by atoms with Crippen molar-refractivity contribution in [2.24, 2.45) is 0 Å². The van der Waals surface area contributed by atoms with Gasteiger partial charge in [0, 0.05) is 16.5 Å². The molecule has 0 spiro atoms. The molecule has 1 aliphatic heterocycles. The number of rotatable bonds is 5. The first-order valence-corrected chi connectivity index (χ1v) is 11.9. The summed E-state index contributed by atoms with van der Waals surface area (Å²) in [6.45, 7) is 5.52. The molecule has 1 atom stereocenters. The zero-order valence-corrected chi connectivity index (χ0v) is 21.1. The van der Waals surface area contributed by atoms with Crippen molar-refractivity contribution in [1.29, 1.82) is 0 Å². The van der Waals surface area contributed by atoms with E-state index in [1.807, 2.05) is 87.5 Å². The lowest BCUT2D eigenvalue weighted by Crippen LogP contribution is -2.29. The molecule has 4 aromatic rings. The van der Waals surface area contributed by atoms with Crippen molar-refractivity contribution in [2.45, 2.75) is 38.8 Å². The Labute approximate surface area is 210 Å². The summed E-state index contributed by atoms with van der Waals surface area (Å²) in [5.74, 6) is 1.06. The molecule has 1 aromatic heterocycles. The number of fused-ring (bicyclic) bond motifs is 4. The van der Waals surface area contributed by atoms with Crippen LogP contribution >= 0.6 is 0 Å². The minimum atomic E-state index is -0.627. The molecule has 1 unspecified atom stereocenters. The van der Waals surface area contributed by atoms with Gasteiger partial charge in [0.1, 0.15) is 17.1 Å². The van der Waals surface area contributed by atoms with Crippen LogP contribution in [0.25, 0.3) is 33.2 Å². The zero-order valence-electron chi connectivity index (χ0n) is 21.1. The minimum absolute atomic E-state index is 0.0325. The lowest BCUT2D eigenvalue weighted by Gasteiger charge is -2.23. The summed E-state index contributed by atoms with van der Waals surface area (Å²) in [5.41, 5.74) is 3.68. The van der Waals surface area contributed by atoms with E-state index in [9.17, 15) is 9.59 Å². The second kappa shape index (κ2) is 8.86. The minimum Gasteiger partial charge on any atom is -0.497 e. The Hall–Kier alpha value is -4.06. The zero-order chi connectivity index (χ0) is 25.6. The van der Waals surface area contributed by atoms with Crippen molar-refractivity contribution in [3.05, 3.63) is 82.6 Å². The molecule has 5 rings (SSSR count). The van der Waals surface area contributed by atoms with E-state index in [1.165, 1.54) is 0 Å². The summed E-state index contributed by atoms with van der Waals surface area (Å²) in [5, 5.41) is 1.46. The van der Waals surface area contributed by atoms with Gasteiger partial charge in [-0.25, -0.2) is 0 Å². The second-order valence-corrected chi connectivity index (χ2v) is 9.93. The molecule has 184 valence electrons. The van der Waals surface area contributed by atoms with Crippen molar-refractivity contribution < 1.29 is 19.0 Å². The van der Waals surface area contributed by atoms with Gasteiger partial charge in [0.15, 0.2) is 0 Å². The van der Waals surface area contributed by atoms with Crippen LogP contribution in [0.2, 0.25) is 0 Å². The molecule has 36 heavy (non-hydrogen) atoms. The molecule has 0 bridgehead atoms. The molecular formula is C30H29NO5. The van der Waals surface area contributed by atoms with Crippen LogP contribution in [0.15, 0.2) is 71.5 Å². The number of nitrogens with zero attached hydrogens (tertiary/aromatic N) is 1. The molecular weight excluding hydrogens is 454 g/mol. The van der Waals surface area contributed by atoms with Crippen LogP contribution in [0, 0.1) is 0 Å². The van der Waals surface area contributed by atoms with E-state index < -0.39 is 11.6 Å². The lowest BCUT2D eigenvalue weighted by molar-refractivity contribution is -0.155. The average Bonchev–Trinajstić information content (AvgIpc) is 3.16. The number of benzene rings is 3. The molecule has 0 radical (unpaired) electrons. The number of ether oxygens (including phenoxy) is 3. The van der Waals surface area contributed by atoms with E-state index >= 15 is 0 Å². The Morgan fingerprint density at radius 2 is 1.53 bits per heavy atom.